The van der Waals surface area contributed by atoms with Crippen LogP contribution in [0.1, 0.15) is 5.56 Å². The van der Waals surface area contributed by atoms with Crippen LogP contribution in [-0.4, -0.2) is 6.09 Å². The van der Waals surface area contributed by atoms with E-state index in [1.165, 1.54) is 6.19 Å². The predicted octanol–water partition coefficient (Wildman–Crippen LogP) is -1.60. The van der Waals surface area contributed by atoms with Crippen LogP contribution in [0.3, 0.4) is 0 Å². The largest absolute Gasteiger partial charge is 1.00 e. The molecule has 1 rings (SSSR count). The minimum absolute atomic E-state index is 0. The van der Waals surface area contributed by atoms with Gasteiger partial charge in [-0.25, -0.2) is 10.1 Å². The third-order valence-corrected chi connectivity index (χ3v) is 1.37. The van der Waals surface area contributed by atoms with Gasteiger partial charge in [0.25, 0.3) is 0 Å². The Kier molecular flexibility index (Phi) is 7.75. The Bertz CT molecular complexity index is 321. The van der Waals surface area contributed by atoms with Crippen LogP contribution in [0.5, 0.6) is 0 Å². The number of rotatable bonds is 2. The van der Waals surface area contributed by atoms with Crippen LogP contribution < -0.4 is 56.7 Å². The van der Waals surface area contributed by atoms with Gasteiger partial charge in [0.05, 0.1) is 0 Å². The van der Waals surface area contributed by atoms with Gasteiger partial charge in [0.1, 0.15) is 6.61 Å². The molecule has 0 aliphatic rings. The zero-order valence-corrected chi connectivity index (χ0v) is 11.0. The summed E-state index contributed by atoms with van der Waals surface area (Å²) in [5.74, 6) is 0. The van der Waals surface area contributed by atoms with Gasteiger partial charge in [-0.1, -0.05) is 30.3 Å². The molecule has 1 N–H and O–H groups in total. The average molecular weight is 215 g/mol. The Balaban J connectivity index is 0.00000169. The number of hydrogen-bond donors (Lipinski definition) is 1. The van der Waals surface area contributed by atoms with E-state index in [9.17, 15) is 4.79 Å². The normalized spacial score (nSPS) is 7.93. The summed E-state index contributed by atoms with van der Waals surface area (Å²) in [6.07, 6.45) is 0.749. The van der Waals surface area contributed by atoms with Crippen LogP contribution in [0.4, 0.5) is 4.79 Å². The Labute approximate surface area is 125 Å². The number of benzene rings is 1. The molecule has 0 aromatic heterocycles. The molecule has 0 aliphatic carbocycles. The van der Waals surface area contributed by atoms with Gasteiger partial charge >= 0.3 is 57.5 Å². The van der Waals surface area contributed by atoms with Crippen molar-refractivity contribution in [2.24, 2.45) is 0 Å². The van der Waals surface area contributed by atoms with E-state index in [-0.39, 0.29) is 58.0 Å². The van der Waals surface area contributed by atoms with E-state index >= 15 is 0 Å². The molecule has 0 atom stereocenters. The van der Waals surface area contributed by atoms with Crippen molar-refractivity contribution in [1.82, 2.24) is 5.32 Å². The quantitative estimate of drug-likeness (QED) is 0.367. The molecule has 0 fully saturated rings. The SMILES string of the molecule is N#CNC(=O)OCc1ccccc1.[K+]. The molecular formula is C9H8KN2O2+. The molecule has 0 heterocycles. The molecule has 1 aromatic rings. The van der Waals surface area contributed by atoms with Gasteiger partial charge in [0.2, 0.25) is 0 Å². The first-order valence-corrected chi connectivity index (χ1v) is 3.68. The second-order valence-corrected chi connectivity index (χ2v) is 2.30. The first kappa shape index (κ1) is 13.6. The van der Waals surface area contributed by atoms with Crippen molar-refractivity contribution in [3.63, 3.8) is 0 Å². The van der Waals surface area contributed by atoms with Gasteiger partial charge in [0.15, 0.2) is 6.19 Å². The number of nitrogens with zero attached hydrogens (tertiary/aromatic N) is 1. The van der Waals surface area contributed by atoms with Gasteiger partial charge in [-0.05, 0) is 5.56 Å². The zero-order chi connectivity index (χ0) is 9.52. The molecule has 0 unspecified atom stereocenters. The van der Waals surface area contributed by atoms with Crippen LogP contribution in [-0.2, 0) is 11.3 Å². The molecule has 66 valence electrons. The maximum atomic E-state index is 10.7. The summed E-state index contributed by atoms with van der Waals surface area (Å²) in [7, 11) is 0. The van der Waals surface area contributed by atoms with Gasteiger partial charge in [-0.2, -0.15) is 5.26 Å². The van der Waals surface area contributed by atoms with Crippen molar-refractivity contribution in [3.05, 3.63) is 35.9 Å². The monoisotopic (exact) mass is 215 g/mol. The first-order chi connectivity index (χ1) is 6.33. The number of nitriles is 1. The van der Waals surface area contributed by atoms with Crippen molar-refractivity contribution in [2.75, 3.05) is 0 Å². The molecule has 4 nitrogen and oxygen atoms in total. The fourth-order valence-electron chi connectivity index (χ4n) is 0.805. The van der Waals surface area contributed by atoms with Crippen molar-refractivity contribution >= 4 is 6.09 Å². The molecule has 0 saturated carbocycles. The molecule has 1 aromatic carbocycles. The Morgan fingerprint density at radius 2 is 2.07 bits per heavy atom. The van der Waals surface area contributed by atoms with Crippen LogP contribution in [0.25, 0.3) is 0 Å². The predicted molar refractivity (Wildman–Crippen MR) is 45.4 cm³/mol. The third-order valence-electron chi connectivity index (χ3n) is 1.37. The second-order valence-electron chi connectivity index (χ2n) is 2.30. The maximum Gasteiger partial charge on any atom is 1.00 e. The second kappa shape index (κ2) is 7.97. The Morgan fingerprint density at radius 3 is 2.64 bits per heavy atom. The number of amides is 1. The van der Waals surface area contributed by atoms with Crippen molar-refractivity contribution in [2.45, 2.75) is 6.61 Å². The van der Waals surface area contributed by atoms with E-state index in [4.69, 9.17) is 10.00 Å². The van der Waals surface area contributed by atoms with E-state index in [2.05, 4.69) is 0 Å². The molecule has 1 amide bonds. The van der Waals surface area contributed by atoms with Crippen LogP contribution in [0, 0.1) is 11.5 Å². The molecule has 14 heavy (non-hydrogen) atoms. The first-order valence-electron chi connectivity index (χ1n) is 3.68. The number of carbonyl (C=O) groups excluding carboxylic acids is 1. The van der Waals surface area contributed by atoms with E-state index in [0.29, 0.717) is 0 Å². The van der Waals surface area contributed by atoms with Crippen molar-refractivity contribution in [3.8, 4) is 6.19 Å². The molecule has 0 saturated heterocycles. The summed E-state index contributed by atoms with van der Waals surface area (Å²) < 4.78 is 4.70. The number of alkyl carbamates (subject to hydrolysis) is 1. The fraction of sp³-hybridized carbons (Fsp3) is 0.111. The molecular weight excluding hydrogens is 207 g/mol. The van der Waals surface area contributed by atoms with Crippen LogP contribution >= 0.6 is 0 Å². The summed E-state index contributed by atoms with van der Waals surface area (Å²) in [5, 5.41) is 9.93. The van der Waals surface area contributed by atoms with E-state index < -0.39 is 6.09 Å². The smallest absolute Gasteiger partial charge is 0.444 e. The molecule has 0 radical (unpaired) electrons. The maximum absolute atomic E-state index is 10.7. The molecule has 0 bridgehead atoms. The van der Waals surface area contributed by atoms with Gasteiger partial charge in [-0.15, -0.1) is 0 Å². The van der Waals surface area contributed by atoms with Crippen molar-refractivity contribution in [1.29, 1.82) is 5.26 Å². The van der Waals surface area contributed by atoms with E-state index in [0.717, 1.165) is 5.56 Å². The molecule has 5 heteroatoms. The summed E-state index contributed by atoms with van der Waals surface area (Å²) in [5.41, 5.74) is 0.885. The topological polar surface area (TPSA) is 62.1 Å². The van der Waals surface area contributed by atoms with Crippen LogP contribution in [0.15, 0.2) is 30.3 Å². The van der Waals surface area contributed by atoms with Crippen LogP contribution in [0.2, 0.25) is 0 Å². The number of nitrogens with one attached hydrogen (secondary N) is 1. The number of carbonyl (C=O) groups is 1. The Hall–Kier alpha value is -0.384. The summed E-state index contributed by atoms with van der Waals surface area (Å²) in [4.78, 5) is 10.7. The summed E-state index contributed by atoms with van der Waals surface area (Å²) >= 11 is 0. The average Bonchev–Trinajstić information content (AvgIpc) is 2.17. The molecule has 0 spiro atoms. The van der Waals surface area contributed by atoms with Gasteiger partial charge in [-0.3, -0.25) is 0 Å². The summed E-state index contributed by atoms with van der Waals surface area (Å²) in [6.45, 7) is 0.175. The molecule has 0 aliphatic heterocycles. The number of hydrogen-bond acceptors (Lipinski definition) is 3. The standard InChI is InChI=1S/C9H8N2O2.K/c10-7-11-9(12)13-6-8-4-2-1-3-5-8;/h1-5H,6H2,(H,11,12);/q;+1. The third kappa shape index (κ3) is 5.37. The number of ether oxygens (including phenoxy) is 1. The fourth-order valence-corrected chi connectivity index (χ4v) is 0.805. The summed E-state index contributed by atoms with van der Waals surface area (Å²) in [6, 6.07) is 9.24. The van der Waals surface area contributed by atoms with Crippen molar-refractivity contribution < 1.29 is 60.9 Å². The zero-order valence-electron chi connectivity index (χ0n) is 7.86. The Morgan fingerprint density at radius 1 is 1.43 bits per heavy atom. The minimum Gasteiger partial charge on any atom is -0.444 e. The van der Waals surface area contributed by atoms with E-state index in [1.54, 1.807) is 0 Å². The van der Waals surface area contributed by atoms with E-state index in [1.807, 2.05) is 35.6 Å². The van der Waals surface area contributed by atoms with Gasteiger partial charge < -0.3 is 4.74 Å². The van der Waals surface area contributed by atoms with Gasteiger partial charge in [0, 0.05) is 0 Å². The minimum atomic E-state index is -0.730.